The van der Waals surface area contributed by atoms with E-state index in [-0.39, 0.29) is 5.82 Å². The first-order valence-corrected chi connectivity index (χ1v) is 7.13. The molecule has 0 unspecified atom stereocenters. The summed E-state index contributed by atoms with van der Waals surface area (Å²) in [7, 11) is 0. The number of oxazole rings is 1. The summed E-state index contributed by atoms with van der Waals surface area (Å²) < 4.78 is 18.3. The Kier molecular flexibility index (Phi) is 3.83. The van der Waals surface area contributed by atoms with Crippen molar-refractivity contribution in [2.45, 2.75) is 38.8 Å². The summed E-state index contributed by atoms with van der Waals surface area (Å²) in [5, 5.41) is 0. The van der Waals surface area contributed by atoms with Crippen molar-refractivity contribution in [3.8, 4) is 0 Å². The number of benzene rings is 1. The quantitative estimate of drug-likeness (QED) is 0.851. The second-order valence-corrected chi connectivity index (χ2v) is 5.39. The fraction of sp³-hybridized carbons (Fsp3) is 0.438. The van der Waals surface area contributed by atoms with Crippen LogP contribution in [0, 0.1) is 12.7 Å². The van der Waals surface area contributed by atoms with Gasteiger partial charge in [0.05, 0.1) is 5.69 Å². The third kappa shape index (κ3) is 2.90. The third-order valence-electron chi connectivity index (χ3n) is 3.90. The van der Waals surface area contributed by atoms with Crippen LogP contribution >= 0.6 is 0 Å². The highest BCUT2D eigenvalue weighted by Crippen LogP contribution is 2.32. The van der Waals surface area contributed by atoms with E-state index in [2.05, 4.69) is 9.88 Å². The van der Waals surface area contributed by atoms with Crippen molar-refractivity contribution in [1.82, 2.24) is 9.88 Å². The predicted molar refractivity (Wildman–Crippen MR) is 74.6 cm³/mol. The lowest BCUT2D eigenvalue weighted by molar-refractivity contribution is 0.138. The summed E-state index contributed by atoms with van der Waals surface area (Å²) in [5.41, 5.74) is 2.16. The van der Waals surface area contributed by atoms with E-state index in [0.29, 0.717) is 11.9 Å². The largest absolute Gasteiger partial charge is 0.449 e. The highest BCUT2D eigenvalue weighted by molar-refractivity contribution is 5.20. The Morgan fingerprint density at radius 3 is 2.80 bits per heavy atom. The average molecular weight is 274 g/mol. The van der Waals surface area contributed by atoms with Gasteiger partial charge in [-0.3, -0.25) is 4.90 Å². The molecule has 1 aromatic carbocycles. The number of piperidine rings is 1. The van der Waals surface area contributed by atoms with Crippen LogP contribution in [0.3, 0.4) is 0 Å². The van der Waals surface area contributed by atoms with Gasteiger partial charge in [0.2, 0.25) is 0 Å². The van der Waals surface area contributed by atoms with Crippen LogP contribution in [-0.4, -0.2) is 16.4 Å². The van der Waals surface area contributed by atoms with E-state index < -0.39 is 0 Å². The monoisotopic (exact) mass is 274 g/mol. The van der Waals surface area contributed by atoms with E-state index in [9.17, 15) is 4.39 Å². The van der Waals surface area contributed by atoms with Crippen LogP contribution in [-0.2, 0) is 6.54 Å². The van der Waals surface area contributed by atoms with Crippen molar-refractivity contribution in [3.63, 3.8) is 0 Å². The molecule has 2 heterocycles. The van der Waals surface area contributed by atoms with Gasteiger partial charge in [-0.15, -0.1) is 0 Å². The molecule has 0 spiro atoms. The first-order chi connectivity index (χ1) is 9.72. The fourth-order valence-corrected chi connectivity index (χ4v) is 2.93. The van der Waals surface area contributed by atoms with E-state index >= 15 is 0 Å². The Labute approximate surface area is 118 Å². The van der Waals surface area contributed by atoms with Crippen LogP contribution in [0.25, 0.3) is 0 Å². The van der Waals surface area contributed by atoms with E-state index in [1.807, 2.05) is 19.1 Å². The van der Waals surface area contributed by atoms with Crippen molar-refractivity contribution < 1.29 is 8.81 Å². The Hall–Kier alpha value is -1.68. The number of aryl methyl sites for hydroxylation is 1. The zero-order valence-electron chi connectivity index (χ0n) is 11.7. The zero-order chi connectivity index (χ0) is 13.9. The van der Waals surface area contributed by atoms with Gasteiger partial charge in [-0.1, -0.05) is 18.6 Å². The topological polar surface area (TPSA) is 29.3 Å². The van der Waals surface area contributed by atoms with Gasteiger partial charge in [-0.05, 0) is 37.1 Å². The van der Waals surface area contributed by atoms with Gasteiger partial charge in [-0.25, -0.2) is 9.37 Å². The van der Waals surface area contributed by atoms with Gasteiger partial charge in [0.25, 0.3) is 0 Å². The summed E-state index contributed by atoms with van der Waals surface area (Å²) in [6.45, 7) is 3.70. The van der Waals surface area contributed by atoms with Gasteiger partial charge in [0, 0.05) is 19.5 Å². The number of hydrogen-bond donors (Lipinski definition) is 0. The summed E-state index contributed by atoms with van der Waals surface area (Å²) in [6.07, 6.45) is 5.26. The van der Waals surface area contributed by atoms with E-state index in [0.717, 1.165) is 25.2 Å². The summed E-state index contributed by atoms with van der Waals surface area (Å²) in [6, 6.07) is 7.23. The lowest BCUT2D eigenvalue weighted by Gasteiger charge is -2.35. The fourth-order valence-electron chi connectivity index (χ4n) is 2.93. The predicted octanol–water partition coefficient (Wildman–Crippen LogP) is 3.85. The molecule has 1 aliphatic heterocycles. The smallest absolute Gasteiger partial charge is 0.191 e. The van der Waals surface area contributed by atoms with Gasteiger partial charge in [0.15, 0.2) is 5.89 Å². The molecular formula is C16H19FN2O. The van der Waals surface area contributed by atoms with E-state index in [1.165, 1.54) is 18.4 Å². The van der Waals surface area contributed by atoms with Gasteiger partial charge in [-0.2, -0.15) is 0 Å². The molecule has 3 rings (SSSR count). The first kappa shape index (κ1) is 13.3. The molecule has 0 bridgehead atoms. The maximum absolute atomic E-state index is 13.1. The van der Waals surface area contributed by atoms with E-state index in [4.69, 9.17) is 4.42 Å². The molecule has 1 aromatic heterocycles. The summed E-state index contributed by atoms with van der Waals surface area (Å²) in [4.78, 5) is 6.79. The molecule has 0 radical (unpaired) electrons. The number of rotatable bonds is 3. The molecule has 20 heavy (non-hydrogen) atoms. The molecule has 3 nitrogen and oxygen atoms in total. The van der Waals surface area contributed by atoms with Gasteiger partial charge in [0.1, 0.15) is 12.1 Å². The standard InChI is InChI=1S/C16H19FN2O/c1-12-18-15(11-20-12)10-19-9-3-2-4-16(19)13-5-7-14(17)8-6-13/h5-8,11,16H,2-4,9-10H2,1H3/t16-/m0/s1. The molecule has 0 amide bonds. The minimum absolute atomic E-state index is 0.178. The number of aromatic nitrogens is 1. The minimum atomic E-state index is -0.178. The van der Waals surface area contributed by atoms with E-state index in [1.54, 1.807) is 18.4 Å². The van der Waals surface area contributed by atoms with Crippen LogP contribution in [0.4, 0.5) is 4.39 Å². The summed E-state index contributed by atoms with van der Waals surface area (Å²) >= 11 is 0. The molecule has 4 heteroatoms. The Morgan fingerprint density at radius 2 is 2.10 bits per heavy atom. The molecule has 2 aromatic rings. The van der Waals surface area contributed by atoms with Crippen molar-refractivity contribution in [3.05, 3.63) is 53.5 Å². The maximum atomic E-state index is 13.1. The molecule has 0 saturated carbocycles. The summed E-state index contributed by atoms with van der Waals surface area (Å²) in [5.74, 6) is 0.526. The molecule has 0 N–H and O–H groups in total. The maximum Gasteiger partial charge on any atom is 0.191 e. The second-order valence-electron chi connectivity index (χ2n) is 5.39. The lowest BCUT2D eigenvalue weighted by Crippen LogP contribution is -2.33. The number of halogens is 1. The highest BCUT2D eigenvalue weighted by atomic mass is 19.1. The normalized spacial score (nSPS) is 20.2. The van der Waals surface area contributed by atoms with Crippen molar-refractivity contribution in [1.29, 1.82) is 0 Å². The van der Waals surface area contributed by atoms with Gasteiger partial charge < -0.3 is 4.42 Å². The minimum Gasteiger partial charge on any atom is -0.449 e. The molecule has 106 valence electrons. The van der Waals surface area contributed by atoms with Gasteiger partial charge >= 0.3 is 0 Å². The number of nitrogens with zero attached hydrogens (tertiary/aromatic N) is 2. The second kappa shape index (κ2) is 5.75. The van der Waals surface area contributed by atoms with Crippen molar-refractivity contribution in [2.24, 2.45) is 0 Å². The first-order valence-electron chi connectivity index (χ1n) is 7.13. The van der Waals surface area contributed by atoms with Crippen LogP contribution in [0.15, 0.2) is 34.9 Å². The van der Waals surface area contributed by atoms with Crippen molar-refractivity contribution >= 4 is 0 Å². The third-order valence-corrected chi connectivity index (χ3v) is 3.90. The molecule has 1 aliphatic rings. The Morgan fingerprint density at radius 1 is 1.30 bits per heavy atom. The van der Waals surface area contributed by atoms with Crippen LogP contribution in [0.1, 0.15) is 42.5 Å². The molecule has 1 fully saturated rings. The van der Waals surface area contributed by atoms with Crippen molar-refractivity contribution in [2.75, 3.05) is 6.54 Å². The molecule has 0 aliphatic carbocycles. The molecule has 1 saturated heterocycles. The van der Waals surface area contributed by atoms with Crippen LogP contribution < -0.4 is 0 Å². The number of hydrogen-bond acceptors (Lipinski definition) is 3. The Balaban J connectivity index is 1.78. The number of likely N-dealkylation sites (tertiary alicyclic amines) is 1. The average Bonchev–Trinajstić information content (AvgIpc) is 2.86. The lowest BCUT2D eigenvalue weighted by atomic mass is 9.95. The molecular weight excluding hydrogens is 255 g/mol. The Bertz CT molecular complexity index is 564. The van der Waals surface area contributed by atoms with Crippen LogP contribution in [0.2, 0.25) is 0 Å². The zero-order valence-corrected chi connectivity index (χ0v) is 11.7. The SMILES string of the molecule is Cc1nc(CN2CCCC[C@H]2c2ccc(F)cc2)co1. The molecule has 1 atom stereocenters. The highest BCUT2D eigenvalue weighted by Gasteiger charge is 2.24. The van der Waals surface area contributed by atoms with Crippen LogP contribution in [0.5, 0.6) is 0 Å².